The fourth-order valence-electron chi connectivity index (χ4n) is 4.05. The Kier molecular flexibility index (Phi) is 6.41. The third-order valence-electron chi connectivity index (χ3n) is 5.97. The van der Waals surface area contributed by atoms with E-state index >= 15 is 0 Å². The van der Waals surface area contributed by atoms with Gasteiger partial charge < -0.3 is 14.8 Å². The van der Waals surface area contributed by atoms with Crippen molar-refractivity contribution in [2.45, 2.75) is 27.7 Å². The van der Waals surface area contributed by atoms with E-state index in [1.807, 2.05) is 58.0 Å². The number of rotatable bonds is 7. The molecule has 0 atom stereocenters. The van der Waals surface area contributed by atoms with Crippen LogP contribution in [0.1, 0.15) is 29.2 Å². The molecule has 0 bridgehead atoms. The molecule has 1 heterocycles. The van der Waals surface area contributed by atoms with E-state index in [-0.39, 0.29) is 11.6 Å². The maximum Gasteiger partial charge on any atom is 0.282 e. The Balaban J connectivity index is 1.86. The number of imide groups is 1. The van der Waals surface area contributed by atoms with Gasteiger partial charge >= 0.3 is 0 Å². The maximum atomic E-state index is 13.8. The Morgan fingerprint density at radius 1 is 0.912 bits per heavy atom. The first-order valence-electron chi connectivity index (χ1n) is 11.2. The second-order valence-corrected chi connectivity index (χ2v) is 8.20. The molecule has 34 heavy (non-hydrogen) atoms. The highest BCUT2D eigenvalue weighted by Crippen LogP contribution is 2.37. The molecule has 0 saturated heterocycles. The summed E-state index contributed by atoms with van der Waals surface area (Å²) in [5.74, 6) is 0.488. The van der Waals surface area contributed by atoms with Crippen molar-refractivity contribution in [1.82, 2.24) is 0 Å². The summed E-state index contributed by atoms with van der Waals surface area (Å²) in [5, 5.41) is 3.21. The zero-order chi connectivity index (χ0) is 24.4. The lowest BCUT2D eigenvalue weighted by Crippen LogP contribution is -2.33. The summed E-state index contributed by atoms with van der Waals surface area (Å²) in [4.78, 5) is 28.7. The number of hydrogen-bond acceptors (Lipinski definition) is 5. The first-order valence-corrected chi connectivity index (χ1v) is 11.2. The average Bonchev–Trinajstić information content (AvgIpc) is 3.06. The predicted molar refractivity (Wildman–Crippen MR) is 134 cm³/mol. The van der Waals surface area contributed by atoms with Crippen LogP contribution in [0.3, 0.4) is 0 Å². The zero-order valence-electron chi connectivity index (χ0n) is 20.1. The summed E-state index contributed by atoms with van der Waals surface area (Å²) in [7, 11) is 1.57. The summed E-state index contributed by atoms with van der Waals surface area (Å²) >= 11 is 0. The van der Waals surface area contributed by atoms with Crippen molar-refractivity contribution in [3.63, 3.8) is 0 Å². The molecular formula is C28H28N2O4. The molecule has 0 aromatic heterocycles. The Hall–Kier alpha value is -4.06. The summed E-state index contributed by atoms with van der Waals surface area (Å²) in [5.41, 5.74) is 5.21. The van der Waals surface area contributed by atoms with Crippen LogP contribution in [0.4, 0.5) is 11.4 Å². The van der Waals surface area contributed by atoms with Gasteiger partial charge in [0.1, 0.15) is 17.2 Å². The maximum absolute atomic E-state index is 13.8. The summed E-state index contributed by atoms with van der Waals surface area (Å²) in [6.45, 7) is 8.28. The predicted octanol–water partition coefficient (Wildman–Crippen LogP) is 5.42. The number of ether oxygens (including phenoxy) is 2. The number of carbonyl (C=O) groups excluding carboxylic acids is 2. The molecule has 6 heteroatoms. The molecule has 3 aromatic carbocycles. The van der Waals surface area contributed by atoms with Crippen molar-refractivity contribution in [2.75, 3.05) is 23.9 Å². The van der Waals surface area contributed by atoms with Gasteiger partial charge in [0.05, 0.1) is 30.7 Å². The van der Waals surface area contributed by atoms with Crippen LogP contribution < -0.4 is 19.7 Å². The molecule has 6 nitrogen and oxygen atoms in total. The normalized spacial score (nSPS) is 13.5. The number of hydrogen-bond donors (Lipinski definition) is 1. The Bertz CT molecular complexity index is 1290. The lowest BCUT2D eigenvalue weighted by molar-refractivity contribution is -0.120. The summed E-state index contributed by atoms with van der Waals surface area (Å²) in [6, 6.07) is 18.5. The van der Waals surface area contributed by atoms with Crippen LogP contribution in [0.25, 0.3) is 5.57 Å². The highest BCUT2D eigenvalue weighted by molar-refractivity contribution is 6.46. The van der Waals surface area contributed by atoms with Gasteiger partial charge in [0.2, 0.25) is 0 Å². The highest BCUT2D eigenvalue weighted by Gasteiger charge is 2.41. The molecule has 174 valence electrons. The Morgan fingerprint density at radius 2 is 1.65 bits per heavy atom. The van der Waals surface area contributed by atoms with Crippen LogP contribution in [-0.2, 0) is 9.59 Å². The SMILES string of the molecule is CCOc1ccc(C2=C(Nc3cc(C)ccc3OC)C(=O)N(c3cccc(C)c3C)C2=O)cc1. The van der Waals surface area contributed by atoms with Gasteiger partial charge in [-0.3, -0.25) is 9.59 Å². The zero-order valence-corrected chi connectivity index (χ0v) is 20.1. The van der Waals surface area contributed by atoms with Gasteiger partial charge in [-0.05, 0) is 80.3 Å². The van der Waals surface area contributed by atoms with E-state index in [1.54, 1.807) is 37.4 Å². The topological polar surface area (TPSA) is 67.9 Å². The number of anilines is 2. The molecule has 3 aromatic rings. The van der Waals surface area contributed by atoms with E-state index in [0.717, 1.165) is 16.7 Å². The number of aryl methyl sites for hydroxylation is 2. The Labute approximate surface area is 199 Å². The first-order chi connectivity index (χ1) is 16.3. The molecule has 0 saturated carbocycles. The fraction of sp³-hybridized carbons (Fsp3) is 0.214. The largest absolute Gasteiger partial charge is 0.495 e. The second kappa shape index (κ2) is 9.43. The van der Waals surface area contributed by atoms with Crippen molar-refractivity contribution >= 4 is 28.8 Å². The van der Waals surface area contributed by atoms with Gasteiger partial charge in [0.15, 0.2) is 0 Å². The molecule has 4 rings (SSSR count). The summed E-state index contributed by atoms with van der Waals surface area (Å²) < 4.78 is 11.0. The fourth-order valence-corrected chi connectivity index (χ4v) is 4.05. The highest BCUT2D eigenvalue weighted by atomic mass is 16.5. The first kappa shape index (κ1) is 23.1. The third kappa shape index (κ3) is 4.15. The van der Waals surface area contributed by atoms with E-state index in [1.165, 1.54) is 4.90 Å². The number of nitrogens with zero attached hydrogens (tertiary/aromatic N) is 1. The third-order valence-corrected chi connectivity index (χ3v) is 5.97. The van der Waals surface area contributed by atoms with Crippen LogP contribution in [0, 0.1) is 20.8 Å². The molecule has 0 unspecified atom stereocenters. The lowest BCUT2D eigenvalue weighted by Gasteiger charge is -2.19. The molecule has 1 aliphatic rings. The van der Waals surface area contributed by atoms with E-state index in [0.29, 0.717) is 40.6 Å². The van der Waals surface area contributed by atoms with Crippen LogP contribution in [0.2, 0.25) is 0 Å². The second-order valence-electron chi connectivity index (χ2n) is 8.20. The average molecular weight is 457 g/mol. The van der Waals surface area contributed by atoms with Crippen LogP contribution in [-0.4, -0.2) is 25.5 Å². The van der Waals surface area contributed by atoms with E-state index in [4.69, 9.17) is 9.47 Å². The lowest BCUT2D eigenvalue weighted by atomic mass is 10.0. The van der Waals surface area contributed by atoms with Gasteiger partial charge in [0, 0.05) is 0 Å². The van der Waals surface area contributed by atoms with Crippen molar-refractivity contribution in [2.24, 2.45) is 0 Å². The van der Waals surface area contributed by atoms with E-state index in [2.05, 4.69) is 5.32 Å². The minimum absolute atomic E-state index is 0.207. The number of amides is 2. The molecule has 1 N–H and O–H groups in total. The van der Waals surface area contributed by atoms with Crippen LogP contribution in [0.15, 0.2) is 66.4 Å². The number of methoxy groups -OCH3 is 1. The molecule has 2 amide bonds. The minimum Gasteiger partial charge on any atom is -0.495 e. The monoisotopic (exact) mass is 456 g/mol. The van der Waals surface area contributed by atoms with Crippen LogP contribution >= 0.6 is 0 Å². The Morgan fingerprint density at radius 3 is 2.32 bits per heavy atom. The number of nitrogens with one attached hydrogen (secondary N) is 1. The standard InChI is InChI=1S/C28H28N2O4/c1-6-34-21-13-11-20(12-14-21)25-26(29-22-16-17(2)10-15-24(22)33-5)28(32)30(27(25)31)23-9-7-8-18(3)19(23)4/h7-16,29H,6H2,1-5H3. The molecule has 0 spiro atoms. The van der Waals surface area contributed by atoms with Crippen molar-refractivity contribution in [3.05, 3.63) is 88.6 Å². The van der Waals surface area contributed by atoms with Crippen molar-refractivity contribution < 1.29 is 19.1 Å². The molecule has 0 aliphatic carbocycles. The van der Waals surface area contributed by atoms with E-state index in [9.17, 15) is 9.59 Å². The quantitative estimate of drug-likeness (QED) is 0.481. The molecule has 1 aliphatic heterocycles. The number of carbonyl (C=O) groups is 2. The van der Waals surface area contributed by atoms with Crippen molar-refractivity contribution in [3.8, 4) is 11.5 Å². The smallest absolute Gasteiger partial charge is 0.282 e. The molecule has 0 fully saturated rings. The minimum atomic E-state index is -0.411. The van der Waals surface area contributed by atoms with Gasteiger partial charge in [-0.15, -0.1) is 0 Å². The van der Waals surface area contributed by atoms with Crippen LogP contribution in [0.5, 0.6) is 11.5 Å². The molecule has 0 radical (unpaired) electrons. The van der Waals surface area contributed by atoms with Gasteiger partial charge in [0.25, 0.3) is 11.8 Å². The number of benzene rings is 3. The van der Waals surface area contributed by atoms with Gasteiger partial charge in [-0.25, -0.2) is 4.90 Å². The van der Waals surface area contributed by atoms with Gasteiger partial charge in [-0.1, -0.05) is 30.3 Å². The summed E-state index contributed by atoms with van der Waals surface area (Å²) in [6.07, 6.45) is 0. The van der Waals surface area contributed by atoms with Crippen molar-refractivity contribution in [1.29, 1.82) is 0 Å². The van der Waals surface area contributed by atoms with E-state index < -0.39 is 5.91 Å². The molecular weight excluding hydrogens is 428 g/mol. The van der Waals surface area contributed by atoms with Gasteiger partial charge in [-0.2, -0.15) is 0 Å².